The lowest BCUT2D eigenvalue weighted by Crippen LogP contribution is -2.26. The van der Waals surface area contributed by atoms with Crippen LogP contribution in [0.15, 0.2) is 34.9 Å². The summed E-state index contributed by atoms with van der Waals surface area (Å²) in [5.41, 5.74) is 6.60. The molecule has 0 bridgehead atoms. The molecule has 0 spiro atoms. The van der Waals surface area contributed by atoms with Gasteiger partial charge in [0.2, 0.25) is 11.8 Å². The molecule has 0 atom stereocenters. The fourth-order valence-corrected chi connectivity index (χ4v) is 1.84. The van der Waals surface area contributed by atoms with Crippen molar-refractivity contribution in [1.82, 2.24) is 10.3 Å². The van der Waals surface area contributed by atoms with Crippen molar-refractivity contribution in [3.8, 4) is 11.5 Å². The summed E-state index contributed by atoms with van der Waals surface area (Å²) in [7, 11) is 0. The molecule has 3 N–H and O–H groups in total. The van der Waals surface area contributed by atoms with Crippen LogP contribution in [0.1, 0.15) is 18.5 Å². The van der Waals surface area contributed by atoms with Crippen molar-refractivity contribution in [2.24, 2.45) is 5.73 Å². The molecule has 112 valence electrons. The van der Waals surface area contributed by atoms with Crippen LogP contribution in [-0.4, -0.2) is 24.0 Å². The normalized spacial score (nSPS) is 10.6. The van der Waals surface area contributed by atoms with Gasteiger partial charge in [-0.2, -0.15) is 0 Å². The third-order valence-corrected chi connectivity index (χ3v) is 2.94. The molecule has 0 aliphatic rings. The molecule has 0 aliphatic heterocycles. The van der Waals surface area contributed by atoms with Crippen LogP contribution < -0.4 is 11.1 Å². The van der Waals surface area contributed by atoms with E-state index in [-0.39, 0.29) is 18.1 Å². The number of halogens is 1. The Balaban J connectivity index is 1.88. The van der Waals surface area contributed by atoms with Crippen LogP contribution in [0.2, 0.25) is 0 Å². The van der Waals surface area contributed by atoms with E-state index >= 15 is 0 Å². The largest absolute Gasteiger partial charge is 0.444 e. The average Bonchev–Trinajstić information content (AvgIpc) is 2.93. The molecule has 0 radical (unpaired) electrons. The van der Waals surface area contributed by atoms with E-state index in [0.717, 1.165) is 12.8 Å². The minimum atomic E-state index is -0.317. The van der Waals surface area contributed by atoms with E-state index in [2.05, 4.69) is 10.3 Å². The molecule has 21 heavy (non-hydrogen) atoms. The summed E-state index contributed by atoms with van der Waals surface area (Å²) in [5, 5.41) is 2.80. The highest BCUT2D eigenvalue weighted by molar-refractivity contribution is 5.78. The van der Waals surface area contributed by atoms with Crippen LogP contribution in [0.4, 0.5) is 4.39 Å². The van der Waals surface area contributed by atoms with Crippen molar-refractivity contribution in [3.05, 3.63) is 42.0 Å². The number of aromatic nitrogens is 1. The zero-order chi connectivity index (χ0) is 15.1. The molecule has 6 heteroatoms. The fraction of sp³-hybridized carbons (Fsp3) is 0.333. The highest BCUT2D eigenvalue weighted by Crippen LogP contribution is 2.19. The van der Waals surface area contributed by atoms with Gasteiger partial charge in [-0.05, 0) is 43.7 Å². The SMILES string of the molecule is NCCCCNC(=O)Cc1coc(-c2ccc(F)cc2)n1. The predicted octanol–water partition coefficient (Wildman–Crippen LogP) is 1.88. The highest BCUT2D eigenvalue weighted by atomic mass is 19.1. The molecule has 0 saturated heterocycles. The Morgan fingerprint density at radius 3 is 2.76 bits per heavy atom. The lowest BCUT2D eigenvalue weighted by molar-refractivity contribution is -0.120. The number of nitrogens with zero attached hydrogens (tertiary/aromatic N) is 1. The second kappa shape index (κ2) is 7.54. The summed E-state index contributed by atoms with van der Waals surface area (Å²) in [6, 6.07) is 5.84. The van der Waals surface area contributed by atoms with Crippen molar-refractivity contribution in [2.75, 3.05) is 13.1 Å². The van der Waals surface area contributed by atoms with Gasteiger partial charge in [-0.1, -0.05) is 0 Å². The van der Waals surface area contributed by atoms with E-state index < -0.39 is 0 Å². The van der Waals surface area contributed by atoms with Gasteiger partial charge in [-0.3, -0.25) is 4.79 Å². The van der Waals surface area contributed by atoms with Gasteiger partial charge in [0, 0.05) is 12.1 Å². The summed E-state index contributed by atoms with van der Waals surface area (Å²) in [6.45, 7) is 1.24. The van der Waals surface area contributed by atoms with Crippen LogP contribution in [0, 0.1) is 5.82 Å². The zero-order valence-electron chi connectivity index (χ0n) is 11.6. The Morgan fingerprint density at radius 2 is 2.05 bits per heavy atom. The predicted molar refractivity (Wildman–Crippen MR) is 76.9 cm³/mol. The standard InChI is InChI=1S/C15H18FN3O2/c16-12-5-3-11(4-6-12)15-19-13(10-21-15)9-14(20)18-8-2-1-7-17/h3-6,10H,1-2,7-9,17H2,(H,18,20). The molecule has 2 rings (SSSR count). The second-order valence-corrected chi connectivity index (χ2v) is 4.67. The van der Waals surface area contributed by atoms with Gasteiger partial charge >= 0.3 is 0 Å². The Kier molecular flexibility index (Phi) is 5.45. The summed E-state index contributed by atoms with van der Waals surface area (Å²) < 4.78 is 18.1. The number of nitrogens with one attached hydrogen (secondary N) is 1. The Morgan fingerprint density at radius 1 is 1.29 bits per heavy atom. The first-order valence-corrected chi connectivity index (χ1v) is 6.86. The van der Waals surface area contributed by atoms with Gasteiger partial charge in [0.25, 0.3) is 0 Å². The van der Waals surface area contributed by atoms with E-state index in [1.165, 1.54) is 18.4 Å². The van der Waals surface area contributed by atoms with Gasteiger partial charge < -0.3 is 15.5 Å². The first kappa shape index (κ1) is 15.2. The molecule has 1 aromatic carbocycles. The molecule has 0 aliphatic carbocycles. The molecule has 0 saturated carbocycles. The van der Waals surface area contributed by atoms with Crippen molar-refractivity contribution in [3.63, 3.8) is 0 Å². The van der Waals surface area contributed by atoms with Crippen molar-refractivity contribution in [2.45, 2.75) is 19.3 Å². The van der Waals surface area contributed by atoms with Crippen molar-refractivity contribution in [1.29, 1.82) is 0 Å². The first-order valence-electron chi connectivity index (χ1n) is 6.86. The van der Waals surface area contributed by atoms with E-state index in [1.807, 2.05) is 0 Å². The van der Waals surface area contributed by atoms with Gasteiger partial charge in [-0.15, -0.1) is 0 Å². The summed E-state index contributed by atoms with van der Waals surface area (Å²) in [4.78, 5) is 15.9. The lowest BCUT2D eigenvalue weighted by Gasteiger charge is -2.02. The molecular formula is C15H18FN3O2. The third kappa shape index (κ3) is 4.68. The minimum Gasteiger partial charge on any atom is -0.444 e. The quantitative estimate of drug-likeness (QED) is 0.763. The monoisotopic (exact) mass is 291 g/mol. The molecule has 1 aromatic heterocycles. The van der Waals surface area contributed by atoms with Crippen LogP contribution in [0.25, 0.3) is 11.5 Å². The molecule has 2 aromatic rings. The number of oxazole rings is 1. The highest BCUT2D eigenvalue weighted by Gasteiger charge is 2.10. The Bertz CT molecular complexity index is 581. The topological polar surface area (TPSA) is 81.1 Å². The lowest BCUT2D eigenvalue weighted by atomic mass is 10.2. The molecule has 1 amide bonds. The van der Waals surface area contributed by atoms with Gasteiger partial charge in [0.1, 0.15) is 12.1 Å². The van der Waals surface area contributed by atoms with Crippen LogP contribution >= 0.6 is 0 Å². The first-order chi connectivity index (χ1) is 10.2. The van der Waals surface area contributed by atoms with Crippen molar-refractivity contribution < 1.29 is 13.6 Å². The van der Waals surface area contributed by atoms with E-state index in [1.54, 1.807) is 12.1 Å². The van der Waals surface area contributed by atoms with Gasteiger partial charge in [-0.25, -0.2) is 9.37 Å². The number of carbonyl (C=O) groups excluding carboxylic acids is 1. The average molecular weight is 291 g/mol. The Hall–Kier alpha value is -2.21. The number of hydrogen-bond acceptors (Lipinski definition) is 4. The van der Waals surface area contributed by atoms with E-state index in [4.69, 9.17) is 10.2 Å². The summed E-state index contributed by atoms with van der Waals surface area (Å²) in [5.74, 6) is -0.0469. The minimum absolute atomic E-state index is 0.106. The maximum absolute atomic E-state index is 12.8. The number of unbranched alkanes of at least 4 members (excludes halogenated alkanes) is 1. The van der Waals surface area contributed by atoms with Gasteiger partial charge in [0.15, 0.2) is 0 Å². The van der Waals surface area contributed by atoms with Crippen LogP contribution in [0.3, 0.4) is 0 Å². The van der Waals surface area contributed by atoms with Crippen LogP contribution in [0.5, 0.6) is 0 Å². The number of hydrogen-bond donors (Lipinski definition) is 2. The smallest absolute Gasteiger partial charge is 0.226 e. The third-order valence-electron chi connectivity index (χ3n) is 2.94. The number of carbonyl (C=O) groups is 1. The number of rotatable bonds is 7. The fourth-order valence-electron chi connectivity index (χ4n) is 1.84. The van der Waals surface area contributed by atoms with E-state index in [0.29, 0.717) is 30.2 Å². The Labute approximate surface area is 122 Å². The molecule has 0 fully saturated rings. The van der Waals surface area contributed by atoms with Gasteiger partial charge in [0.05, 0.1) is 12.1 Å². The maximum atomic E-state index is 12.8. The molecular weight excluding hydrogens is 273 g/mol. The van der Waals surface area contributed by atoms with Crippen LogP contribution in [-0.2, 0) is 11.2 Å². The molecule has 0 unspecified atom stereocenters. The maximum Gasteiger partial charge on any atom is 0.226 e. The second-order valence-electron chi connectivity index (χ2n) is 4.67. The summed E-state index contributed by atoms with van der Waals surface area (Å²) >= 11 is 0. The number of nitrogens with two attached hydrogens (primary N) is 1. The molecule has 1 heterocycles. The van der Waals surface area contributed by atoms with Crippen molar-refractivity contribution >= 4 is 5.91 Å². The van der Waals surface area contributed by atoms with E-state index in [9.17, 15) is 9.18 Å². The molecule has 5 nitrogen and oxygen atoms in total. The number of benzene rings is 1. The zero-order valence-corrected chi connectivity index (χ0v) is 11.6. The number of amides is 1. The summed E-state index contributed by atoms with van der Waals surface area (Å²) in [6.07, 6.45) is 3.35.